The molecule has 0 aliphatic heterocycles. The Labute approximate surface area is 179 Å². The van der Waals surface area contributed by atoms with E-state index in [0.717, 1.165) is 0 Å². The molecule has 0 atom stereocenters. The van der Waals surface area contributed by atoms with Gasteiger partial charge in [-0.1, -0.05) is 154 Å². The normalized spacial score (nSPS) is 27.3. The molecule has 3 aliphatic rings. The van der Waals surface area contributed by atoms with Crippen molar-refractivity contribution in [3.8, 4) is 0 Å². The first-order chi connectivity index (χ1) is 13.9. The molecule has 3 rings (SSSR count). The van der Waals surface area contributed by atoms with E-state index in [4.69, 9.17) is 0 Å². The highest BCUT2D eigenvalue weighted by Gasteiger charge is 2.36. The van der Waals surface area contributed by atoms with Gasteiger partial charge in [0, 0.05) is 8.80 Å². The summed E-state index contributed by atoms with van der Waals surface area (Å²) in [6, 6.07) is 0. The fraction of sp³-hybridized carbons (Fsp3) is 1.00. The fourth-order valence-corrected chi connectivity index (χ4v) is 13.3. The Morgan fingerprint density at radius 2 is 0.429 bits per heavy atom. The van der Waals surface area contributed by atoms with E-state index in [1.165, 1.54) is 55.1 Å². The molecule has 0 aromatic heterocycles. The maximum absolute atomic E-state index is 1.64. The summed E-state index contributed by atoms with van der Waals surface area (Å²) >= 11 is 0. The monoisotopic (exact) mass is 404 g/mol. The molecule has 0 heterocycles. The van der Waals surface area contributed by atoms with Crippen molar-refractivity contribution in [2.45, 2.75) is 171 Å². The Hall–Kier alpha value is 0.217. The predicted octanol–water partition coefficient (Wildman–Crippen LogP) is 9.73. The molecule has 1 heteroatoms. The first-order valence-corrected chi connectivity index (χ1v) is 15.9. The Balaban J connectivity index is 1.75. The summed E-state index contributed by atoms with van der Waals surface area (Å²) in [5.41, 5.74) is 3.65. The molecule has 0 radical (unpaired) electrons. The Bertz CT molecular complexity index is 291. The molecule has 0 nitrogen and oxygen atoms in total. The lowest BCUT2D eigenvalue weighted by Crippen LogP contribution is -2.33. The largest absolute Gasteiger partial charge is 0.0533 e. The van der Waals surface area contributed by atoms with Gasteiger partial charge < -0.3 is 0 Å². The van der Waals surface area contributed by atoms with E-state index in [1.807, 2.05) is 0 Å². The van der Waals surface area contributed by atoms with Crippen LogP contribution in [0.5, 0.6) is 0 Å². The minimum atomic E-state index is -0.685. The molecule has 0 N–H and O–H groups in total. The molecule has 3 saturated carbocycles. The lowest BCUT2D eigenvalue weighted by atomic mass is 10.1. The van der Waals surface area contributed by atoms with Crippen molar-refractivity contribution < 1.29 is 0 Å². The zero-order valence-corrected chi connectivity index (χ0v) is 20.4. The maximum atomic E-state index is 1.64. The molecule has 0 unspecified atom stereocenters. The minimum Gasteiger partial charge on any atom is -0.0533 e. The van der Waals surface area contributed by atoms with Crippen LogP contribution in [0.2, 0.25) is 16.6 Å². The summed E-state index contributed by atoms with van der Waals surface area (Å²) < 4.78 is 0. The van der Waals surface area contributed by atoms with Crippen LogP contribution in [0.1, 0.15) is 154 Å². The Morgan fingerprint density at radius 1 is 0.250 bits per heavy atom. The summed E-state index contributed by atoms with van der Waals surface area (Å²) in [6.07, 6.45) is 37.8. The second-order valence-corrected chi connectivity index (χ2v) is 14.9. The van der Waals surface area contributed by atoms with Crippen LogP contribution >= 0.6 is 0 Å². The topological polar surface area (TPSA) is 0 Å². The average molecular weight is 405 g/mol. The van der Waals surface area contributed by atoms with Crippen LogP contribution in [0.15, 0.2) is 0 Å². The van der Waals surface area contributed by atoms with Crippen LogP contribution in [0.25, 0.3) is 0 Å². The highest BCUT2D eigenvalue weighted by molar-refractivity contribution is 6.63. The van der Waals surface area contributed by atoms with Crippen LogP contribution in [0.3, 0.4) is 0 Å². The lowest BCUT2D eigenvalue weighted by molar-refractivity contribution is 0.524. The molecule has 3 fully saturated rings. The van der Waals surface area contributed by atoms with E-state index in [-0.39, 0.29) is 0 Å². The van der Waals surface area contributed by atoms with Gasteiger partial charge in [0.05, 0.1) is 0 Å². The van der Waals surface area contributed by atoms with Gasteiger partial charge in [-0.2, -0.15) is 0 Å². The third-order valence-electron chi connectivity index (χ3n) is 8.83. The SMILES string of the molecule is C1CCCCC([SiH](C2CCCCCCCC2)C2CCCCCCCC2)CCC1. The highest BCUT2D eigenvalue weighted by Crippen LogP contribution is 2.47. The average Bonchev–Trinajstić information content (AvgIpc) is 3.00. The molecule has 28 heavy (non-hydrogen) atoms. The summed E-state index contributed by atoms with van der Waals surface area (Å²) in [5.74, 6) is 0. The van der Waals surface area contributed by atoms with Gasteiger partial charge in [0.25, 0.3) is 0 Å². The van der Waals surface area contributed by atoms with E-state index in [0.29, 0.717) is 0 Å². The first kappa shape index (κ1) is 22.9. The van der Waals surface area contributed by atoms with E-state index in [2.05, 4.69) is 0 Å². The van der Waals surface area contributed by atoms with Crippen LogP contribution in [-0.4, -0.2) is 8.80 Å². The third kappa shape index (κ3) is 8.15. The van der Waals surface area contributed by atoms with Gasteiger partial charge in [0.15, 0.2) is 0 Å². The molecule has 0 saturated heterocycles. The van der Waals surface area contributed by atoms with Gasteiger partial charge in [-0.15, -0.1) is 0 Å². The molecular weight excluding hydrogens is 352 g/mol. The van der Waals surface area contributed by atoms with Crippen molar-refractivity contribution in [2.24, 2.45) is 0 Å². The zero-order chi connectivity index (χ0) is 19.3. The zero-order valence-electron chi connectivity index (χ0n) is 19.3. The van der Waals surface area contributed by atoms with Crippen molar-refractivity contribution >= 4 is 8.80 Å². The smallest absolute Gasteiger partial charge is 0.0461 e. The minimum absolute atomic E-state index is 0.685. The quantitative estimate of drug-likeness (QED) is 0.410. The van der Waals surface area contributed by atoms with Crippen LogP contribution < -0.4 is 0 Å². The van der Waals surface area contributed by atoms with Crippen molar-refractivity contribution in [3.05, 3.63) is 0 Å². The predicted molar refractivity (Wildman–Crippen MR) is 129 cm³/mol. The maximum Gasteiger partial charge on any atom is 0.0461 e. The molecule has 0 spiro atoms. The molecule has 164 valence electrons. The second kappa shape index (κ2) is 14.3. The van der Waals surface area contributed by atoms with Gasteiger partial charge >= 0.3 is 0 Å². The molecule has 0 aromatic rings. The molecule has 3 aliphatic carbocycles. The summed E-state index contributed by atoms with van der Waals surface area (Å²) in [7, 11) is -0.685. The van der Waals surface area contributed by atoms with E-state index in [9.17, 15) is 0 Å². The summed E-state index contributed by atoms with van der Waals surface area (Å²) in [6.45, 7) is 0. The van der Waals surface area contributed by atoms with Crippen LogP contribution in [0, 0.1) is 0 Å². The second-order valence-electron chi connectivity index (χ2n) is 11.0. The van der Waals surface area contributed by atoms with Gasteiger partial charge in [-0.05, 0) is 16.6 Å². The molecule has 0 amide bonds. The fourth-order valence-electron chi connectivity index (χ4n) is 7.30. The molecule has 0 aromatic carbocycles. The highest BCUT2D eigenvalue weighted by atomic mass is 28.3. The van der Waals surface area contributed by atoms with Crippen molar-refractivity contribution in [1.29, 1.82) is 0 Å². The van der Waals surface area contributed by atoms with E-state index >= 15 is 0 Å². The number of rotatable bonds is 3. The van der Waals surface area contributed by atoms with Crippen LogP contribution in [0.4, 0.5) is 0 Å². The van der Waals surface area contributed by atoms with Gasteiger partial charge in [0.2, 0.25) is 0 Å². The van der Waals surface area contributed by atoms with Gasteiger partial charge in [-0.3, -0.25) is 0 Å². The number of hydrogen-bond donors (Lipinski definition) is 0. The van der Waals surface area contributed by atoms with Crippen molar-refractivity contribution in [1.82, 2.24) is 0 Å². The molecule has 0 bridgehead atoms. The molecular formula is C27H52Si. The summed E-state index contributed by atoms with van der Waals surface area (Å²) in [5, 5.41) is 0. The third-order valence-corrected chi connectivity index (χ3v) is 14.1. The van der Waals surface area contributed by atoms with Gasteiger partial charge in [0.1, 0.15) is 0 Å². The first-order valence-electron chi connectivity index (χ1n) is 13.9. The van der Waals surface area contributed by atoms with Crippen LogP contribution in [-0.2, 0) is 0 Å². The Kier molecular flexibility index (Phi) is 11.7. The van der Waals surface area contributed by atoms with E-state index < -0.39 is 8.80 Å². The van der Waals surface area contributed by atoms with Gasteiger partial charge in [-0.25, -0.2) is 0 Å². The van der Waals surface area contributed by atoms with E-state index in [1.54, 1.807) is 116 Å². The standard InChI is InChI=1S/C27H52Si/c1-2-8-14-20-25(19-13-7-1)28(26-21-15-9-3-4-10-16-22-26)27-23-17-11-5-6-12-18-24-27/h25-28H,1-24H2. The summed E-state index contributed by atoms with van der Waals surface area (Å²) in [4.78, 5) is 0. The van der Waals surface area contributed by atoms with Crippen molar-refractivity contribution in [3.63, 3.8) is 0 Å². The Morgan fingerprint density at radius 3 is 0.643 bits per heavy atom. The lowest BCUT2D eigenvalue weighted by Gasteiger charge is -2.39. The number of hydrogen-bond acceptors (Lipinski definition) is 0. The van der Waals surface area contributed by atoms with Crippen molar-refractivity contribution in [2.75, 3.05) is 0 Å².